The van der Waals surface area contributed by atoms with Crippen LogP contribution in [0.1, 0.15) is 26.2 Å². The maximum Gasteiger partial charge on any atom is 0.0238 e. The zero-order valence-corrected chi connectivity index (χ0v) is 10.2. The SMILES string of the molecule is CC1CN(C)CC(CCN)N(C2CC2)C1. The van der Waals surface area contributed by atoms with E-state index in [4.69, 9.17) is 5.73 Å². The topological polar surface area (TPSA) is 32.5 Å². The summed E-state index contributed by atoms with van der Waals surface area (Å²) >= 11 is 0. The second kappa shape index (κ2) is 4.81. The number of likely N-dealkylation sites (N-methyl/N-ethyl adjacent to an activating group) is 1. The van der Waals surface area contributed by atoms with Gasteiger partial charge in [0, 0.05) is 31.7 Å². The molecule has 0 aromatic carbocycles. The Labute approximate surface area is 93.6 Å². The molecule has 0 amide bonds. The number of nitrogens with two attached hydrogens (primary N) is 1. The molecular formula is C12H25N3. The third-order valence-electron chi connectivity index (χ3n) is 3.65. The monoisotopic (exact) mass is 211 g/mol. The first-order valence-corrected chi connectivity index (χ1v) is 6.35. The van der Waals surface area contributed by atoms with Crippen molar-refractivity contribution in [2.45, 2.75) is 38.3 Å². The lowest BCUT2D eigenvalue weighted by atomic mass is 10.1. The molecule has 3 heteroatoms. The van der Waals surface area contributed by atoms with E-state index in [1.54, 1.807) is 0 Å². The summed E-state index contributed by atoms with van der Waals surface area (Å²) in [6.45, 7) is 6.93. The van der Waals surface area contributed by atoms with Gasteiger partial charge in [0.1, 0.15) is 0 Å². The van der Waals surface area contributed by atoms with Crippen molar-refractivity contribution in [1.82, 2.24) is 9.80 Å². The largest absolute Gasteiger partial charge is 0.330 e. The first kappa shape index (κ1) is 11.4. The molecule has 1 aliphatic heterocycles. The van der Waals surface area contributed by atoms with Crippen molar-refractivity contribution in [3.8, 4) is 0 Å². The maximum atomic E-state index is 5.73. The third-order valence-corrected chi connectivity index (χ3v) is 3.65. The second-order valence-corrected chi connectivity index (χ2v) is 5.49. The highest BCUT2D eigenvalue weighted by molar-refractivity contribution is 4.92. The average Bonchev–Trinajstić information content (AvgIpc) is 2.95. The fraction of sp³-hybridized carbons (Fsp3) is 1.00. The molecule has 0 spiro atoms. The molecule has 15 heavy (non-hydrogen) atoms. The normalized spacial score (nSPS) is 35.4. The predicted octanol–water partition coefficient (Wildman–Crippen LogP) is 0.750. The van der Waals surface area contributed by atoms with Crippen LogP contribution in [0.5, 0.6) is 0 Å². The Morgan fingerprint density at radius 3 is 2.53 bits per heavy atom. The van der Waals surface area contributed by atoms with Crippen LogP contribution in [0.25, 0.3) is 0 Å². The Kier molecular flexibility index (Phi) is 3.65. The zero-order chi connectivity index (χ0) is 10.8. The summed E-state index contributed by atoms with van der Waals surface area (Å²) in [4.78, 5) is 5.22. The molecule has 2 rings (SSSR count). The van der Waals surface area contributed by atoms with E-state index in [0.29, 0.717) is 6.04 Å². The molecule has 0 aromatic rings. The van der Waals surface area contributed by atoms with Gasteiger partial charge in [-0.1, -0.05) is 6.92 Å². The summed E-state index contributed by atoms with van der Waals surface area (Å²) in [5, 5.41) is 0. The maximum absolute atomic E-state index is 5.73. The van der Waals surface area contributed by atoms with Gasteiger partial charge in [0.05, 0.1) is 0 Å². The molecule has 2 atom stereocenters. The Morgan fingerprint density at radius 1 is 1.20 bits per heavy atom. The Morgan fingerprint density at radius 2 is 1.93 bits per heavy atom. The molecule has 0 aromatic heterocycles. The van der Waals surface area contributed by atoms with E-state index in [2.05, 4.69) is 23.8 Å². The predicted molar refractivity (Wildman–Crippen MR) is 63.8 cm³/mol. The second-order valence-electron chi connectivity index (χ2n) is 5.49. The molecule has 2 N–H and O–H groups in total. The lowest BCUT2D eigenvalue weighted by Gasteiger charge is -2.31. The Hall–Kier alpha value is -0.120. The van der Waals surface area contributed by atoms with Gasteiger partial charge in [-0.3, -0.25) is 4.90 Å². The molecule has 2 fully saturated rings. The summed E-state index contributed by atoms with van der Waals surface area (Å²) in [6.07, 6.45) is 3.99. The van der Waals surface area contributed by atoms with E-state index in [1.807, 2.05) is 0 Å². The van der Waals surface area contributed by atoms with Gasteiger partial charge >= 0.3 is 0 Å². The average molecular weight is 211 g/mol. The fourth-order valence-electron chi connectivity index (χ4n) is 2.94. The third kappa shape index (κ3) is 2.92. The first-order valence-electron chi connectivity index (χ1n) is 6.35. The highest BCUT2D eigenvalue weighted by Gasteiger charge is 2.36. The van der Waals surface area contributed by atoms with Crippen LogP contribution in [-0.2, 0) is 0 Å². The lowest BCUT2D eigenvalue weighted by Crippen LogP contribution is -2.43. The molecular weight excluding hydrogens is 186 g/mol. The van der Waals surface area contributed by atoms with Gasteiger partial charge in [-0.25, -0.2) is 0 Å². The van der Waals surface area contributed by atoms with Crippen LogP contribution in [0.3, 0.4) is 0 Å². The standard InChI is InChI=1S/C12H25N3/c1-10-7-14(2)9-12(5-6-13)15(8-10)11-3-4-11/h10-12H,3-9,13H2,1-2H3. The van der Waals surface area contributed by atoms with Gasteiger partial charge in [-0.15, -0.1) is 0 Å². The van der Waals surface area contributed by atoms with E-state index < -0.39 is 0 Å². The van der Waals surface area contributed by atoms with Gasteiger partial charge in [-0.2, -0.15) is 0 Å². The lowest BCUT2D eigenvalue weighted by molar-refractivity contribution is 0.166. The summed E-state index contributed by atoms with van der Waals surface area (Å²) in [5.41, 5.74) is 5.73. The quantitative estimate of drug-likeness (QED) is 0.748. The Bertz CT molecular complexity index is 203. The summed E-state index contributed by atoms with van der Waals surface area (Å²) < 4.78 is 0. The van der Waals surface area contributed by atoms with Crippen LogP contribution in [0.4, 0.5) is 0 Å². The Balaban J connectivity index is 2.01. The number of nitrogens with zero attached hydrogens (tertiary/aromatic N) is 2. The minimum Gasteiger partial charge on any atom is -0.330 e. The van der Waals surface area contributed by atoms with Gasteiger partial charge in [-0.05, 0) is 38.8 Å². The minimum absolute atomic E-state index is 0.706. The van der Waals surface area contributed by atoms with Crippen LogP contribution >= 0.6 is 0 Å². The molecule has 2 aliphatic rings. The van der Waals surface area contributed by atoms with Crippen LogP contribution in [-0.4, -0.2) is 55.1 Å². The van der Waals surface area contributed by atoms with Crippen molar-refractivity contribution in [2.75, 3.05) is 33.2 Å². The van der Waals surface area contributed by atoms with Crippen molar-refractivity contribution < 1.29 is 0 Å². The van der Waals surface area contributed by atoms with Gasteiger partial charge in [0.2, 0.25) is 0 Å². The highest BCUT2D eigenvalue weighted by Crippen LogP contribution is 2.31. The molecule has 2 unspecified atom stereocenters. The summed E-state index contributed by atoms with van der Waals surface area (Å²) in [7, 11) is 2.25. The van der Waals surface area contributed by atoms with E-state index >= 15 is 0 Å². The number of hydrogen-bond donors (Lipinski definition) is 1. The molecule has 1 saturated carbocycles. The summed E-state index contributed by atoms with van der Waals surface area (Å²) in [6, 6.07) is 1.59. The zero-order valence-electron chi connectivity index (χ0n) is 10.2. The van der Waals surface area contributed by atoms with Gasteiger partial charge in [0.15, 0.2) is 0 Å². The molecule has 1 heterocycles. The molecule has 1 saturated heterocycles. The van der Waals surface area contributed by atoms with E-state index in [9.17, 15) is 0 Å². The van der Waals surface area contributed by atoms with E-state index in [1.165, 1.54) is 32.5 Å². The van der Waals surface area contributed by atoms with E-state index in [-0.39, 0.29) is 0 Å². The van der Waals surface area contributed by atoms with Crippen LogP contribution in [0.15, 0.2) is 0 Å². The molecule has 0 bridgehead atoms. The smallest absolute Gasteiger partial charge is 0.0238 e. The van der Waals surface area contributed by atoms with Gasteiger partial charge in [0.25, 0.3) is 0 Å². The summed E-state index contributed by atoms with van der Waals surface area (Å²) in [5.74, 6) is 0.804. The van der Waals surface area contributed by atoms with Crippen molar-refractivity contribution in [1.29, 1.82) is 0 Å². The fourth-order valence-corrected chi connectivity index (χ4v) is 2.94. The molecule has 88 valence electrons. The first-order chi connectivity index (χ1) is 7.20. The minimum atomic E-state index is 0.706. The van der Waals surface area contributed by atoms with Crippen molar-refractivity contribution in [2.24, 2.45) is 11.7 Å². The van der Waals surface area contributed by atoms with Crippen LogP contribution in [0.2, 0.25) is 0 Å². The van der Waals surface area contributed by atoms with E-state index in [0.717, 1.165) is 24.9 Å². The van der Waals surface area contributed by atoms with Crippen LogP contribution < -0.4 is 5.73 Å². The van der Waals surface area contributed by atoms with Gasteiger partial charge < -0.3 is 10.6 Å². The number of rotatable bonds is 3. The van der Waals surface area contributed by atoms with Crippen molar-refractivity contribution >= 4 is 0 Å². The van der Waals surface area contributed by atoms with Crippen molar-refractivity contribution in [3.05, 3.63) is 0 Å². The van der Waals surface area contributed by atoms with Crippen LogP contribution in [0, 0.1) is 5.92 Å². The van der Waals surface area contributed by atoms with Crippen molar-refractivity contribution in [3.63, 3.8) is 0 Å². The number of hydrogen-bond acceptors (Lipinski definition) is 3. The molecule has 0 radical (unpaired) electrons. The molecule has 3 nitrogen and oxygen atoms in total. The molecule has 1 aliphatic carbocycles. The highest BCUT2D eigenvalue weighted by atomic mass is 15.3.